The van der Waals surface area contributed by atoms with E-state index >= 15 is 0 Å². The first-order valence-corrected chi connectivity index (χ1v) is 6.17. The number of rotatable bonds is 5. The lowest BCUT2D eigenvalue weighted by atomic mass is 10.2. The highest BCUT2D eigenvalue weighted by molar-refractivity contribution is 5.86. The molecule has 0 bridgehead atoms. The van der Waals surface area contributed by atoms with Crippen LogP contribution in [0.5, 0.6) is 0 Å². The SMILES string of the molecule is C=C(C)C(=O)OCC.C=CC(=O)OCc1ccccc1. The fourth-order valence-electron chi connectivity index (χ4n) is 1.04. The van der Waals surface area contributed by atoms with Gasteiger partial charge >= 0.3 is 11.9 Å². The fraction of sp³-hybridized carbons (Fsp3) is 0.250. The summed E-state index contributed by atoms with van der Waals surface area (Å²) in [4.78, 5) is 21.1. The minimum absolute atomic E-state index is 0.311. The predicted molar refractivity (Wildman–Crippen MR) is 77.9 cm³/mol. The van der Waals surface area contributed by atoms with Crippen LogP contribution in [0.4, 0.5) is 0 Å². The van der Waals surface area contributed by atoms with Crippen LogP contribution in [0.3, 0.4) is 0 Å². The number of ether oxygens (including phenoxy) is 2. The van der Waals surface area contributed by atoms with Crippen molar-refractivity contribution in [2.45, 2.75) is 20.5 Å². The molecule has 0 N–H and O–H groups in total. The second-order valence-electron chi connectivity index (χ2n) is 3.80. The predicted octanol–water partition coefficient (Wildman–Crippen LogP) is 3.04. The van der Waals surface area contributed by atoms with Gasteiger partial charge in [0.2, 0.25) is 0 Å². The van der Waals surface area contributed by atoms with Crippen molar-refractivity contribution >= 4 is 11.9 Å². The van der Waals surface area contributed by atoms with Gasteiger partial charge in [-0.05, 0) is 19.4 Å². The standard InChI is InChI=1S/C10H10O2.C6H10O2/c1-2-10(11)12-8-9-6-4-3-5-7-9;1-4-8-6(7)5(2)3/h2-7H,1,8H2;2,4H2,1,3H3. The van der Waals surface area contributed by atoms with Gasteiger partial charge in [0.1, 0.15) is 6.61 Å². The van der Waals surface area contributed by atoms with E-state index in [1.165, 1.54) is 0 Å². The number of hydrogen-bond acceptors (Lipinski definition) is 4. The summed E-state index contributed by atoms with van der Waals surface area (Å²) in [6, 6.07) is 9.51. The Kier molecular flexibility index (Phi) is 9.31. The third kappa shape index (κ3) is 8.69. The van der Waals surface area contributed by atoms with Crippen LogP contribution < -0.4 is 0 Å². The molecule has 0 aromatic heterocycles. The average molecular weight is 276 g/mol. The Morgan fingerprint density at radius 3 is 2.20 bits per heavy atom. The van der Waals surface area contributed by atoms with Gasteiger partial charge < -0.3 is 9.47 Å². The molecule has 1 aromatic rings. The van der Waals surface area contributed by atoms with Crippen molar-refractivity contribution in [1.82, 2.24) is 0 Å². The van der Waals surface area contributed by atoms with Crippen molar-refractivity contribution in [3.05, 3.63) is 60.7 Å². The number of benzene rings is 1. The molecule has 0 saturated heterocycles. The van der Waals surface area contributed by atoms with E-state index in [9.17, 15) is 9.59 Å². The van der Waals surface area contributed by atoms with E-state index in [1.807, 2.05) is 30.3 Å². The largest absolute Gasteiger partial charge is 0.463 e. The lowest BCUT2D eigenvalue weighted by molar-refractivity contribution is -0.139. The van der Waals surface area contributed by atoms with E-state index in [0.717, 1.165) is 11.6 Å². The molecule has 0 aliphatic heterocycles. The maximum Gasteiger partial charge on any atom is 0.333 e. The highest BCUT2D eigenvalue weighted by Gasteiger charge is 1.98. The molecule has 20 heavy (non-hydrogen) atoms. The second kappa shape index (κ2) is 10.6. The summed E-state index contributed by atoms with van der Waals surface area (Å²) < 4.78 is 9.39. The molecule has 1 rings (SSSR count). The molecule has 0 saturated carbocycles. The molecule has 0 atom stereocenters. The summed E-state index contributed by atoms with van der Waals surface area (Å²) in [6.07, 6.45) is 1.16. The van der Waals surface area contributed by atoms with Crippen LogP contribution in [0.2, 0.25) is 0 Å². The molecule has 0 amide bonds. The quantitative estimate of drug-likeness (QED) is 0.612. The molecule has 1 aromatic carbocycles. The zero-order valence-electron chi connectivity index (χ0n) is 11.9. The van der Waals surface area contributed by atoms with Gasteiger partial charge in [-0.3, -0.25) is 0 Å². The van der Waals surface area contributed by atoms with E-state index in [4.69, 9.17) is 4.74 Å². The molecule has 0 aliphatic carbocycles. The van der Waals surface area contributed by atoms with Gasteiger partial charge in [0.05, 0.1) is 6.61 Å². The number of carbonyl (C=O) groups is 2. The minimum Gasteiger partial charge on any atom is -0.463 e. The highest BCUT2D eigenvalue weighted by Crippen LogP contribution is 2.00. The zero-order valence-corrected chi connectivity index (χ0v) is 11.9. The van der Waals surface area contributed by atoms with Crippen molar-refractivity contribution in [2.75, 3.05) is 6.61 Å². The molecule has 0 unspecified atom stereocenters. The number of esters is 2. The van der Waals surface area contributed by atoms with E-state index in [1.54, 1.807) is 13.8 Å². The summed E-state index contributed by atoms with van der Waals surface area (Å²) in [5, 5.41) is 0. The first kappa shape index (κ1) is 17.6. The molecule has 4 heteroatoms. The van der Waals surface area contributed by atoms with Crippen LogP contribution in [0.25, 0.3) is 0 Å². The molecule has 4 nitrogen and oxygen atoms in total. The van der Waals surface area contributed by atoms with E-state index < -0.39 is 0 Å². The average Bonchev–Trinajstić information content (AvgIpc) is 2.46. The van der Waals surface area contributed by atoms with Gasteiger partial charge in [0, 0.05) is 11.6 Å². The Balaban J connectivity index is 0.000000396. The van der Waals surface area contributed by atoms with Gasteiger partial charge in [-0.2, -0.15) is 0 Å². The van der Waals surface area contributed by atoms with Crippen LogP contribution in [-0.2, 0) is 25.7 Å². The maximum atomic E-state index is 10.6. The van der Waals surface area contributed by atoms with E-state index in [0.29, 0.717) is 18.8 Å². The van der Waals surface area contributed by atoms with Gasteiger partial charge in [-0.25, -0.2) is 9.59 Å². The van der Waals surface area contributed by atoms with Crippen molar-refractivity contribution in [2.24, 2.45) is 0 Å². The molecule has 0 heterocycles. The topological polar surface area (TPSA) is 52.6 Å². The molecular weight excluding hydrogens is 256 g/mol. The van der Waals surface area contributed by atoms with E-state index in [-0.39, 0.29) is 11.9 Å². The summed E-state index contributed by atoms with van der Waals surface area (Å²) >= 11 is 0. The summed E-state index contributed by atoms with van der Waals surface area (Å²) in [5.41, 5.74) is 1.43. The monoisotopic (exact) mass is 276 g/mol. The van der Waals surface area contributed by atoms with Gasteiger partial charge in [0.15, 0.2) is 0 Å². The smallest absolute Gasteiger partial charge is 0.333 e. The third-order valence-corrected chi connectivity index (χ3v) is 2.01. The highest BCUT2D eigenvalue weighted by atomic mass is 16.5. The molecule has 108 valence electrons. The summed E-state index contributed by atoms with van der Waals surface area (Å²) in [7, 11) is 0. The lowest BCUT2D eigenvalue weighted by Crippen LogP contribution is -2.03. The van der Waals surface area contributed by atoms with E-state index in [2.05, 4.69) is 17.9 Å². The Bertz CT molecular complexity index is 449. The molecular formula is C16H20O4. The van der Waals surface area contributed by atoms with Crippen LogP contribution in [0, 0.1) is 0 Å². The Hall–Kier alpha value is -2.36. The Morgan fingerprint density at radius 1 is 1.20 bits per heavy atom. The van der Waals surface area contributed by atoms with Crippen molar-refractivity contribution in [3.8, 4) is 0 Å². The zero-order chi connectivity index (χ0) is 15.4. The molecule has 0 spiro atoms. The summed E-state index contributed by atoms with van der Waals surface area (Å²) in [6.45, 7) is 10.8. The van der Waals surface area contributed by atoms with Crippen LogP contribution in [0.15, 0.2) is 55.1 Å². The second-order valence-corrected chi connectivity index (χ2v) is 3.80. The maximum absolute atomic E-state index is 10.6. The van der Waals surface area contributed by atoms with Crippen molar-refractivity contribution in [1.29, 1.82) is 0 Å². The summed E-state index contributed by atoms with van der Waals surface area (Å²) in [5.74, 6) is -0.702. The third-order valence-electron chi connectivity index (χ3n) is 2.01. The van der Waals surface area contributed by atoms with Crippen LogP contribution >= 0.6 is 0 Å². The van der Waals surface area contributed by atoms with Crippen LogP contribution in [-0.4, -0.2) is 18.5 Å². The van der Waals surface area contributed by atoms with Crippen molar-refractivity contribution < 1.29 is 19.1 Å². The van der Waals surface area contributed by atoms with Crippen molar-refractivity contribution in [3.63, 3.8) is 0 Å². The van der Waals surface area contributed by atoms with Gasteiger partial charge in [0.25, 0.3) is 0 Å². The molecule has 0 fully saturated rings. The van der Waals surface area contributed by atoms with Gasteiger partial charge in [-0.1, -0.05) is 43.5 Å². The Morgan fingerprint density at radius 2 is 1.80 bits per heavy atom. The number of hydrogen-bond donors (Lipinski definition) is 0. The first-order chi connectivity index (χ1) is 9.51. The molecule has 0 aliphatic rings. The van der Waals surface area contributed by atoms with Crippen LogP contribution in [0.1, 0.15) is 19.4 Å². The normalized spacial score (nSPS) is 8.70. The first-order valence-electron chi connectivity index (χ1n) is 6.17. The molecule has 0 radical (unpaired) electrons. The lowest BCUT2D eigenvalue weighted by Gasteiger charge is -2.00. The number of carbonyl (C=O) groups excluding carboxylic acids is 2. The Labute approximate surface area is 119 Å². The van der Waals surface area contributed by atoms with Gasteiger partial charge in [-0.15, -0.1) is 0 Å². The fourth-order valence-corrected chi connectivity index (χ4v) is 1.04. The minimum atomic E-state index is -0.390.